The Kier molecular flexibility index (Phi) is 7.19. The van der Waals surface area contributed by atoms with Crippen molar-refractivity contribution in [3.63, 3.8) is 0 Å². The zero-order valence-corrected chi connectivity index (χ0v) is 15.6. The molecule has 0 amide bonds. The van der Waals surface area contributed by atoms with E-state index in [4.69, 9.17) is 34.8 Å². The Morgan fingerprint density at radius 3 is 2.05 bits per heavy atom. The number of alkyl halides is 3. The Balaban J connectivity index is 2.06. The van der Waals surface area contributed by atoms with Crippen LogP contribution in [0.5, 0.6) is 0 Å². The molecule has 0 aliphatic heterocycles. The van der Waals surface area contributed by atoms with Gasteiger partial charge in [0.2, 0.25) is 0 Å². The maximum Gasteiger partial charge on any atom is 0.0383 e. The molecule has 2 saturated carbocycles. The largest absolute Gasteiger partial charge is 0.165 e. The Bertz CT molecular complexity index is 279. The summed E-state index contributed by atoms with van der Waals surface area (Å²) in [5.41, 5.74) is 0. The average Bonchev–Trinajstić information content (AvgIpc) is 2.37. The summed E-state index contributed by atoms with van der Waals surface area (Å²) in [6.07, 6.45) is 9.33. The van der Waals surface area contributed by atoms with Gasteiger partial charge < -0.3 is 0 Å². The lowest BCUT2D eigenvalue weighted by atomic mass is 9.68. The fourth-order valence-corrected chi connectivity index (χ4v) is 6.74. The summed E-state index contributed by atoms with van der Waals surface area (Å²) in [5.74, 6) is 3.80. The van der Waals surface area contributed by atoms with Crippen LogP contribution in [0.2, 0.25) is 0 Å². The molecule has 3 unspecified atom stereocenters. The van der Waals surface area contributed by atoms with Crippen LogP contribution >= 0.6 is 46.6 Å². The first-order valence-corrected chi connectivity index (χ1v) is 10.6. The van der Waals surface area contributed by atoms with E-state index in [0.717, 1.165) is 18.8 Å². The molecule has 3 atom stereocenters. The second-order valence-corrected chi connectivity index (χ2v) is 9.47. The Labute approximate surface area is 143 Å². The van der Waals surface area contributed by atoms with Crippen LogP contribution in [0.3, 0.4) is 0 Å². The van der Waals surface area contributed by atoms with Gasteiger partial charge in [-0.05, 0) is 74.2 Å². The van der Waals surface area contributed by atoms with Crippen molar-refractivity contribution in [2.45, 2.75) is 61.6 Å². The summed E-state index contributed by atoms with van der Waals surface area (Å²) in [7, 11) is 0. The predicted molar refractivity (Wildman–Crippen MR) is 94.6 cm³/mol. The zero-order chi connectivity index (χ0) is 14.7. The van der Waals surface area contributed by atoms with E-state index in [0.29, 0.717) is 23.1 Å². The predicted octanol–water partition coefficient (Wildman–Crippen LogP) is 6.02. The minimum Gasteiger partial charge on any atom is -0.165 e. The summed E-state index contributed by atoms with van der Waals surface area (Å²) in [5, 5.41) is 0.908. The van der Waals surface area contributed by atoms with Crippen molar-refractivity contribution in [1.29, 1.82) is 0 Å². The maximum absolute atomic E-state index is 6.73. The van der Waals surface area contributed by atoms with Crippen LogP contribution in [0.25, 0.3) is 0 Å². The molecule has 2 rings (SSSR count). The van der Waals surface area contributed by atoms with E-state index in [2.05, 4.69) is 13.2 Å². The molecule has 0 N–H and O–H groups in total. The zero-order valence-electron chi connectivity index (χ0n) is 12.5. The van der Waals surface area contributed by atoms with Gasteiger partial charge in [-0.25, -0.2) is 0 Å². The highest BCUT2D eigenvalue weighted by atomic mass is 35.5. The van der Waals surface area contributed by atoms with Crippen LogP contribution in [0.1, 0.15) is 45.4 Å². The van der Waals surface area contributed by atoms with Gasteiger partial charge in [0.25, 0.3) is 0 Å². The van der Waals surface area contributed by atoms with Crippen LogP contribution in [0, 0.1) is 23.7 Å². The second kappa shape index (κ2) is 8.18. The second-order valence-electron chi connectivity index (χ2n) is 6.82. The summed E-state index contributed by atoms with van der Waals surface area (Å²) >= 11 is 21.7. The van der Waals surface area contributed by atoms with E-state index in [1.807, 2.05) is 11.8 Å². The Hall–Kier alpha value is 1.22. The highest BCUT2D eigenvalue weighted by Gasteiger charge is 2.42. The molecule has 0 heterocycles. The lowest BCUT2D eigenvalue weighted by Crippen LogP contribution is -2.43. The van der Waals surface area contributed by atoms with Gasteiger partial charge in [-0.3, -0.25) is 0 Å². The first-order chi connectivity index (χ1) is 9.52. The average molecular weight is 358 g/mol. The van der Waals surface area contributed by atoms with E-state index in [1.165, 1.54) is 31.4 Å². The maximum atomic E-state index is 6.73. The molecule has 2 aliphatic rings. The van der Waals surface area contributed by atoms with Crippen LogP contribution in [-0.4, -0.2) is 28.1 Å². The Morgan fingerprint density at radius 1 is 1.00 bits per heavy atom. The number of hydrogen-bond donors (Lipinski definition) is 0. The fraction of sp³-hybridized carbons (Fsp3) is 1.00. The molecular formula is C16H27Cl3S. The molecule has 0 spiro atoms. The van der Waals surface area contributed by atoms with Crippen molar-refractivity contribution in [3.8, 4) is 0 Å². The molecule has 0 aromatic heterocycles. The molecule has 2 aliphatic carbocycles. The molecule has 0 aromatic carbocycles. The van der Waals surface area contributed by atoms with Gasteiger partial charge in [-0.15, -0.1) is 34.8 Å². The van der Waals surface area contributed by atoms with E-state index in [-0.39, 0.29) is 10.8 Å². The lowest BCUT2D eigenvalue weighted by Gasteiger charge is -2.44. The Morgan fingerprint density at radius 2 is 1.55 bits per heavy atom. The van der Waals surface area contributed by atoms with Gasteiger partial charge in [-0.2, -0.15) is 11.8 Å². The standard InChI is InChI=1S/C16H27Cl3S/c1-10-7-14(18)16(15(19)8-10)13(9-20-2)11-3-5-12(17)6-4-11/h10-16H,3-9H2,1-2H3. The van der Waals surface area contributed by atoms with Gasteiger partial charge in [-0.1, -0.05) is 6.92 Å². The van der Waals surface area contributed by atoms with Gasteiger partial charge in [0.15, 0.2) is 0 Å². The van der Waals surface area contributed by atoms with Crippen LogP contribution in [0.15, 0.2) is 0 Å². The molecule has 20 heavy (non-hydrogen) atoms. The highest BCUT2D eigenvalue weighted by molar-refractivity contribution is 7.98. The van der Waals surface area contributed by atoms with Crippen LogP contribution in [-0.2, 0) is 0 Å². The fourth-order valence-electron chi connectivity index (χ4n) is 4.20. The summed E-state index contributed by atoms with van der Waals surface area (Å²) in [4.78, 5) is 0. The molecule has 0 aromatic rings. The van der Waals surface area contributed by atoms with Gasteiger partial charge >= 0.3 is 0 Å². The van der Waals surface area contributed by atoms with Gasteiger partial charge in [0.1, 0.15) is 0 Å². The third-order valence-corrected chi connectivity index (χ3v) is 7.34. The molecule has 0 nitrogen and oxygen atoms in total. The van der Waals surface area contributed by atoms with E-state index < -0.39 is 0 Å². The highest BCUT2D eigenvalue weighted by Crippen LogP contribution is 2.46. The number of rotatable bonds is 4. The minimum atomic E-state index is 0.257. The van der Waals surface area contributed by atoms with Gasteiger partial charge in [0, 0.05) is 16.1 Å². The molecule has 2 fully saturated rings. The summed E-state index contributed by atoms with van der Waals surface area (Å²) in [6.45, 7) is 2.28. The van der Waals surface area contributed by atoms with Crippen molar-refractivity contribution in [2.75, 3.05) is 12.0 Å². The molecule has 0 saturated heterocycles. The number of thioether (sulfide) groups is 1. The topological polar surface area (TPSA) is 0 Å². The van der Waals surface area contributed by atoms with Gasteiger partial charge in [0.05, 0.1) is 0 Å². The molecule has 0 bridgehead atoms. The SMILES string of the molecule is CSCC(C1CCC(Cl)CC1)C1C(Cl)CC(C)CC1Cl. The monoisotopic (exact) mass is 356 g/mol. The molecule has 0 radical (unpaired) electrons. The van der Waals surface area contributed by atoms with Crippen molar-refractivity contribution < 1.29 is 0 Å². The quantitative estimate of drug-likeness (QED) is 0.554. The van der Waals surface area contributed by atoms with Crippen molar-refractivity contribution in [2.24, 2.45) is 23.7 Å². The summed E-state index contributed by atoms with van der Waals surface area (Å²) in [6, 6.07) is 0. The van der Waals surface area contributed by atoms with Crippen LogP contribution < -0.4 is 0 Å². The first kappa shape index (κ1) is 17.6. The molecular weight excluding hydrogens is 331 g/mol. The van der Waals surface area contributed by atoms with Crippen molar-refractivity contribution >= 4 is 46.6 Å². The number of halogens is 3. The van der Waals surface area contributed by atoms with E-state index in [1.54, 1.807) is 0 Å². The normalized spacial score (nSPS) is 44.2. The van der Waals surface area contributed by atoms with Crippen molar-refractivity contribution in [1.82, 2.24) is 0 Å². The first-order valence-electron chi connectivity index (χ1n) is 7.94. The van der Waals surface area contributed by atoms with E-state index >= 15 is 0 Å². The minimum absolute atomic E-state index is 0.257. The lowest BCUT2D eigenvalue weighted by molar-refractivity contribution is 0.155. The third kappa shape index (κ3) is 4.37. The van der Waals surface area contributed by atoms with Crippen molar-refractivity contribution in [3.05, 3.63) is 0 Å². The third-order valence-electron chi connectivity index (χ3n) is 5.25. The van der Waals surface area contributed by atoms with E-state index in [9.17, 15) is 0 Å². The molecule has 118 valence electrons. The summed E-state index contributed by atoms with van der Waals surface area (Å²) < 4.78 is 0. The van der Waals surface area contributed by atoms with Crippen LogP contribution in [0.4, 0.5) is 0 Å². The number of hydrogen-bond acceptors (Lipinski definition) is 1. The smallest absolute Gasteiger partial charge is 0.0383 e. The molecule has 4 heteroatoms.